The molecule has 4 heteroatoms. The second-order valence-electron chi connectivity index (χ2n) is 4.51. The minimum atomic E-state index is -0.334. The zero-order valence-electron chi connectivity index (χ0n) is 10.3. The van der Waals surface area contributed by atoms with Crippen molar-refractivity contribution in [3.8, 4) is 17.0 Å². The van der Waals surface area contributed by atoms with E-state index in [-0.39, 0.29) is 17.6 Å². The lowest BCUT2D eigenvalue weighted by Gasteiger charge is -2.14. The molecular formula is C14H15FN2O. The molecule has 0 spiro atoms. The van der Waals surface area contributed by atoms with E-state index in [0.29, 0.717) is 16.8 Å². The van der Waals surface area contributed by atoms with E-state index in [1.54, 1.807) is 6.07 Å². The molecule has 0 aliphatic carbocycles. The minimum Gasteiger partial charge on any atom is -0.493 e. The van der Waals surface area contributed by atoms with E-state index in [4.69, 9.17) is 5.73 Å². The Balaban J connectivity index is 2.64. The van der Waals surface area contributed by atoms with Crippen LogP contribution in [-0.2, 0) is 0 Å². The van der Waals surface area contributed by atoms with Crippen molar-refractivity contribution in [3.63, 3.8) is 0 Å². The Morgan fingerprint density at radius 2 is 2.00 bits per heavy atom. The summed E-state index contributed by atoms with van der Waals surface area (Å²) in [5.74, 6) is -0.309. The Morgan fingerprint density at radius 1 is 1.28 bits per heavy atom. The van der Waals surface area contributed by atoms with Crippen molar-refractivity contribution < 1.29 is 9.50 Å². The highest BCUT2D eigenvalue weighted by molar-refractivity contribution is 5.79. The third-order valence-electron chi connectivity index (χ3n) is 2.86. The van der Waals surface area contributed by atoms with Crippen LogP contribution in [0.5, 0.6) is 5.88 Å². The van der Waals surface area contributed by atoms with Crippen molar-refractivity contribution in [3.05, 3.63) is 41.8 Å². The van der Waals surface area contributed by atoms with Crippen molar-refractivity contribution in [2.24, 2.45) is 0 Å². The van der Waals surface area contributed by atoms with Gasteiger partial charge in [0.1, 0.15) is 5.82 Å². The van der Waals surface area contributed by atoms with Crippen LogP contribution in [0.25, 0.3) is 11.1 Å². The van der Waals surface area contributed by atoms with Gasteiger partial charge in [-0.25, -0.2) is 9.37 Å². The molecule has 0 saturated heterocycles. The summed E-state index contributed by atoms with van der Waals surface area (Å²) in [6.07, 6.45) is 1.46. The number of hydrogen-bond acceptors (Lipinski definition) is 3. The van der Waals surface area contributed by atoms with E-state index in [1.807, 2.05) is 13.8 Å². The van der Waals surface area contributed by atoms with E-state index in [0.717, 1.165) is 5.56 Å². The molecule has 1 aromatic carbocycles. The molecule has 0 amide bonds. The van der Waals surface area contributed by atoms with Crippen molar-refractivity contribution in [1.82, 2.24) is 4.98 Å². The number of pyridine rings is 1. The van der Waals surface area contributed by atoms with Crippen LogP contribution in [0.1, 0.15) is 25.3 Å². The fourth-order valence-corrected chi connectivity index (χ4v) is 1.94. The Labute approximate surface area is 105 Å². The number of aromatic nitrogens is 1. The van der Waals surface area contributed by atoms with Gasteiger partial charge in [-0.1, -0.05) is 13.8 Å². The number of hydrogen-bond donors (Lipinski definition) is 2. The van der Waals surface area contributed by atoms with E-state index < -0.39 is 0 Å². The summed E-state index contributed by atoms with van der Waals surface area (Å²) in [5.41, 5.74) is 8.60. The maximum absolute atomic E-state index is 13.6. The van der Waals surface area contributed by atoms with Crippen LogP contribution in [0.3, 0.4) is 0 Å². The van der Waals surface area contributed by atoms with Crippen LogP contribution in [0.4, 0.5) is 10.1 Å². The number of nitrogens with two attached hydrogens (primary N) is 1. The zero-order valence-corrected chi connectivity index (χ0v) is 10.3. The first-order valence-electron chi connectivity index (χ1n) is 5.73. The van der Waals surface area contributed by atoms with Gasteiger partial charge in [0.2, 0.25) is 5.88 Å². The molecule has 0 fully saturated rings. The van der Waals surface area contributed by atoms with E-state index in [1.165, 1.54) is 24.4 Å². The smallest absolute Gasteiger partial charge is 0.211 e. The molecule has 0 aliphatic heterocycles. The molecule has 1 aromatic heterocycles. The predicted octanol–water partition coefficient (Wildman–Crippen LogP) is 3.30. The minimum absolute atomic E-state index is 0.109. The maximum Gasteiger partial charge on any atom is 0.211 e. The molecule has 2 aromatic rings. The van der Waals surface area contributed by atoms with E-state index in [2.05, 4.69) is 4.98 Å². The number of aromatic hydroxyl groups is 1. The van der Waals surface area contributed by atoms with Gasteiger partial charge in [-0.15, -0.1) is 0 Å². The van der Waals surface area contributed by atoms with Crippen LogP contribution in [0.15, 0.2) is 30.5 Å². The number of benzene rings is 1. The number of halogens is 1. The first kappa shape index (κ1) is 12.4. The number of nitrogens with zero attached hydrogens (tertiary/aromatic N) is 1. The quantitative estimate of drug-likeness (QED) is 0.799. The second kappa shape index (κ2) is 4.64. The normalized spacial score (nSPS) is 10.9. The SMILES string of the molecule is CC(C)c1cc(F)cc(-c2ccnc(O)c2)c1N. The van der Waals surface area contributed by atoms with Crippen LogP contribution < -0.4 is 5.73 Å². The lowest BCUT2D eigenvalue weighted by atomic mass is 9.95. The number of anilines is 1. The standard InChI is InChI=1S/C14H15FN2O/c1-8(2)11-6-10(15)7-12(14(11)16)9-3-4-17-13(18)5-9/h3-8H,16H2,1-2H3,(H,17,18). The van der Waals surface area contributed by atoms with Gasteiger partial charge in [0.05, 0.1) is 0 Å². The molecule has 0 saturated carbocycles. The first-order chi connectivity index (χ1) is 8.49. The lowest BCUT2D eigenvalue weighted by Crippen LogP contribution is -2.00. The van der Waals surface area contributed by atoms with Gasteiger partial charge < -0.3 is 10.8 Å². The van der Waals surface area contributed by atoms with E-state index >= 15 is 0 Å². The summed E-state index contributed by atoms with van der Waals surface area (Å²) in [5, 5.41) is 9.37. The molecule has 0 aliphatic rings. The Kier molecular flexibility index (Phi) is 3.19. The largest absolute Gasteiger partial charge is 0.493 e. The Bertz CT molecular complexity index is 582. The molecule has 18 heavy (non-hydrogen) atoms. The fraction of sp³-hybridized carbons (Fsp3) is 0.214. The van der Waals surface area contributed by atoms with Crippen molar-refractivity contribution in [2.45, 2.75) is 19.8 Å². The van der Waals surface area contributed by atoms with Crippen molar-refractivity contribution in [1.29, 1.82) is 0 Å². The third-order valence-corrected chi connectivity index (χ3v) is 2.86. The van der Waals surface area contributed by atoms with Crippen molar-refractivity contribution in [2.75, 3.05) is 5.73 Å². The summed E-state index contributed by atoms with van der Waals surface area (Å²) in [7, 11) is 0. The zero-order chi connectivity index (χ0) is 13.3. The summed E-state index contributed by atoms with van der Waals surface area (Å²) < 4.78 is 13.6. The summed E-state index contributed by atoms with van der Waals surface area (Å²) in [6.45, 7) is 3.91. The van der Waals surface area contributed by atoms with Crippen LogP contribution in [-0.4, -0.2) is 10.1 Å². The summed E-state index contributed by atoms with van der Waals surface area (Å²) >= 11 is 0. The maximum atomic E-state index is 13.6. The molecule has 1 heterocycles. The Hall–Kier alpha value is -2.10. The van der Waals surface area contributed by atoms with Gasteiger partial charge in [-0.2, -0.15) is 0 Å². The first-order valence-corrected chi connectivity index (χ1v) is 5.73. The fourth-order valence-electron chi connectivity index (χ4n) is 1.94. The second-order valence-corrected chi connectivity index (χ2v) is 4.51. The third kappa shape index (κ3) is 2.27. The van der Waals surface area contributed by atoms with Gasteiger partial charge in [-0.05, 0) is 35.2 Å². The molecular weight excluding hydrogens is 231 g/mol. The van der Waals surface area contributed by atoms with Gasteiger partial charge in [0.15, 0.2) is 0 Å². The topological polar surface area (TPSA) is 59.1 Å². The van der Waals surface area contributed by atoms with Gasteiger partial charge in [0.25, 0.3) is 0 Å². The summed E-state index contributed by atoms with van der Waals surface area (Å²) in [4.78, 5) is 3.70. The van der Waals surface area contributed by atoms with Gasteiger partial charge in [0, 0.05) is 23.5 Å². The highest BCUT2D eigenvalue weighted by Gasteiger charge is 2.13. The molecule has 3 nitrogen and oxygen atoms in total. The average molecular weight is 246 g/mol. The molecule has 3 N–H and O–H groups in total. The number of rotatable bonds is 2. The molecule has 0 unspecified atom stereocenters. The van der Waals surface area contributed by atoms with Crippen molar-refractivity contribution >= 4 is 5.69 Å². The van der Waals surface area contributed by atoms with E-state index in [9.17, 15) is 9.50 Å². The van der Waals surface area contributed by atoms with Crippen LogP contribution in [0.2, 0.25) is 0 Å². The number of nitrogen functional groups attached to an aromatic ring is 1. The lowest BCUT2D eigenvalue weighted by molar-refractivity contribution is 0.454. The highest BCUT2D eigenvalue weighted by atomic mass is 19.1. The molecule has 0 atom stereocenters. The molecule has 0 bridgehead atoms. The van der Waals surface area contributed by atoms with Crippen LogP contribution >= 0.6 is 0 Å². The van der Waals surface area contributed by atoms with Crippen LogP contribution in [0, 0.1) is 5.82 Å². The average Bonchev–Trinajstić information content (AvgIpc) is 2.31. The monoisotopic (exact) mass is 246 g/mol. The van der Waals surface area contributed by atoms with Gasteiger partial charge in [-0.3, -0.25) is 0 Å². The summed E-state index contributed by atoms with van der Waals surface area (Å²) in [6, 6.07) is 5.98. The molecule has 94 valence electrons. The predicted molar refractivity (Wildman–Crippen MR) is 69.8 cm³/mol. The Morgan fingerprint density at radius 3 is 2.61 bits per heavy atom. The van der Waals surface area contributed by atoms with Gasteiger partial charge >= 0.3 is 0 Å². The molecule has 0 radical (unpaired) electrons. The molecule has 2 rings (SSSR count). The highest BCUT2D eigenvalue weighted by Crippen LogP contribution is 2.34.